The Labute approximate surface area is 162 Å². The lowest BCUT2D eigenvalue weighted by Gasteiger charge is -2.37. The zero-order valence-corrected chi connectivity index (χ0v) is 16.6. The Balaban J connectivity index is 1.35. The molecule has 27 heavy (non-hydrogen) atoms. The maximum atomic E-state index is 6.13. The standard InChI is InChI=1S/C20H34N6O/c1-2-3-12-27-20-23-18(21)17-19(24-20)26(14-22-17)13-15-8-10-25(11-9-15)16-6-4-5-7-16/h15-16,22H,2-14H2,1H3,(H2,21,23,24). The van der Waals surface area contributed by atoms with Crippen LogP contribution in [-0.2, 0) is 0 Å². The Morgan fingerprint density at radius 2 is 1.93 bits per heavy atom. The largest absolute Gasteiger partial charge is 0.463 e. The zero-order valence-electron chi connectivity index (χ0n) is 16.6. The topological polar surface area (TPSA) is 79.5 Å². The van der Waals surface area contributed by atoms with Gasteiger partial charge in [-0.15, -0.1) is 0 Å². The number of hydrogen-bond donors (Lipinski definition) is 2. The van der Waals surface area contributed by atoms with E-state index in [0.717, 1.165) is 49.5 Å². The van der Waals surface area contributed by atoms with Gasteiger partial charge in [-0.3, -0.25) is 0 Å². The molecule has 0 amide bonds. The first-order valence-corrected chi connectivity index (χ1v) is 10.8. The molecular weight excluding hydrogens is 340 g/mol. The molecule has 0 atom stereocenters. The summed E-state index contributed by atoms with van der Waals surface area (Å²) in [7, 11) is 0. The first-order valence-electron chi connectivity index (χ1n) is 10.8. The zero-order chi connectivity index (χ0) is 18.6. The van der Waals surface area contributed by atoms with Gasteiger partial charge in [0.05, 0.1) is 13.3 Å². The van der Waals surface area contributed by atoms with Crippen LogP contribution in [0.3, 0.4) is 0 Å². The molecule has 3 N–H and O–H groups in total. The molecule has 1 saturated carbocycles. The molecule has 0 bridgehead atoms. The third kappa shape index (κ3) is 4.23. The minimum absolute atomic E-state index is 0.407. The summed E-state index contributed by atoms with van der Waals surface area (Å²) in [6.45, 7) is 7.08. The molecule has 4 rings (SSSR count). The van der Waals surface area contributed by atoms with E-state index in [-0.39, 0.29) is 0 Å². The first kappa shape index (κ1) is 18.6. The van der Waals surface area contributed by atoms with Gasteiger partial charge in [0, 0.05) is 12.6 Å². The van der Waals surface area contributed by atoms with Crippen molar-refractivity contribution in [3.8, 4) is 6.01 Å². The molecule has 1 aromatic rings. The van der Waals surface area contributed by atoms with Crippen molar-refractivity contribution in [2.45, 2.75) is 64.3 Å². The van der Waals surface area contributed by atoms with E-state index < -0.39 is 0 Å². The highest BCUT2D eigenvalue weighted by atomic mass is 16.5. The van der Waals surface area contributed by atoms with Gasteiger partial charge in [-0.2, -0.15) is 9.97 Å². The molecule has 0 spiro atoms. The summed E-state index contributed by atoms with van der Waals surface area (Å²) < 4.78 is 5.70. The fourth-order valence-corrected chi connectivity index (χ4v) is 4.70. The van der Waals surface area contributed by atoms with Gasteiger partial charge >= 0.3 is 6.01 Å². The number of nitrogens with zero attached hydrogens (tertiary/aromatic N) is 4. The van der Waals surface area contributed by atoms with Crippen molar-refractivity contribution in [1.82, 2.24) is 14.9 Å². The van der Waals surface area contributed by atoms with Gasteiger partial charge in [0.2, 0.25) is 0 Å². The summed E-state index contributed by atoms with van der Waals surface area (Å²) in [6, 6.07) is 1.26. The Bertz CT molecular complexity index is 625. The molecule has 1 aromatic heterocycles. The van der Waals surface area contributed by atoms with Crippen molar-refractivity contribution in [1.29, 1.82) is 0 Å². The Kier molecular flexibility index (Phi) is 5.86. The minimum atomic E-state index is 0.407. The van der Waals surface area contributed by atoms with Crippen LogP contribution in [0.15, 0.2) is 0 Å². The van der Waals surface area contributed by atoms with Crippen LogP contribution in [-0.4, -0.2) is 53.8 Å². The normalized spacial score (nSPS) is 21.4. The van der Waals surface area contributed by atoms with Gasteiger partial charge in [-0.25, -0.2) is 0 Å². The van der Waals surface area contributed by atoms with E-state index in [1.165, 1.54) is 51.6 Å². The van der Waals surface area contributed by atoms with Gasteiger partial charge in [-0.1, -0.05) is 26.2 Å². The van der Waals surface area contributed by atoms with Crippen LogP contribution in [0.2, 0.25) is 0 Å². The summed E-state index contributed by atoms with van der Waals surface area (Å²) in [6.07, 6.45) is 10.3. The van der Waals surface area contributed by atoms with Crippen LogP contribution < -0.4 is 20.7 Å². The van der Waals surface area contributed by atoms with Crippen molar-refractivity contribution in [3.63, 3.8) is 0 Å². The molecule has 7 heteroatoms. The number of fused-ring (bicyclic) bond motifs is 1. The maximum Gasteiger partial charge on any atom is 0.320 e. The number of nitrogens with one attached hydrogen (secondary N) is 1. The third-order valence-electron chi connectivity index (χ3n) is 6.34. The maximum absolute atomic E-state index is 6.13. The van der Waals surface area contributed by atoms with E-state index in [4.69, 9.17) is 10.5 Å². The van der Waals surface area contributed by atoms with Crippen LogP contribution in [0.5, 0.6) is 6.01 Å². The average Bonchev–Trinajstić information content (AvgIpc) is 3.34. The van der Waals surface area contributed by atoms with Crippen molar-refractivity contribution < 1.29 is 4.74 Å². The lowest BCUT2D eigenvalue weighted by Crippen LogP contribution is -2.42. The molecule has 2 aliphatic heterocycles. The number of likely N-dealkylation sites (tertiary alicyclic amines) is 1. The smallest absolute Gasteiger partial charge is 0.320 e. The summed E-state index contributed by atoms with van der Waals surface area (Å²) in [5.41, 5.74) is 7.00. The van der Waals surface area contributed by atoms with E-state index >= 15 is 0 Å². The fourth-order valence-electron chi connectivity index (χ4n) is 4.70. The number of unbranched alkanes of at least 4 members (excludes halogenated alkanes) is 1. The highest BCUT2D eigenvalue weighted by Gasteiger charge is 2.31. The van der Waals surface area contributed by atoms with Crippen molar-refractivity contribution >= 4 is 17.3 Å². The predicted molar refractivity (Wildman–Crippen MR) is 109 cm³/mol. The highest BCUT2D eigenvalue weighted by Crippen LogP contribution is 2.36. The van der Waals surface area contributed by atoms with Gasteiger partial charge in [0.15, 0.2) is 11.6 Å². The van der Waals surface area contributed by atoms with Crippen LogP contribution in [0, 0.1) is 5.92 Å². The average molecular weight is 375 g/mol. The minimum Gasteiger partial charge on any atom is -0.463 e. The van der Waals surface area contributed by atoms with Crippen molar-refractivity contribution in [2.24, 2.45) is 5.92 Å². The number of nitrogen functional groups attached to an aromatic ring is 1. The number of piperidine rings is 1. The number of ether oxygens (including phenoxy) is 1. The summed E-state index contributed by atoms with van der Waals surface area (Å²) in [5.74, 6) is 2.12. The second-order valence-corrected chi connectivity index (χ2v) is 8.27. The lowest BCUT2D eigenvalue weighted by atomic mass is 9.95. The van der Waals surface area contributed by atoms with Gasteiger partial charge < -0.3 is 25.6 Å². The number of hydrogen-bond acceptors (Lipinski definition) is 7. The number of nitrogens with two attached hydrogens (primary N) is 1. The molecule has 3 aliphatic rings. The van der Waals surface area contributed by atoms with E-state index in [1.807, 2.05) is 0 Å². The third-order valence-corrected chi connectivity index (χ3v) is 6.34. The van der Waals surface area contributed by atoms with Gasteiger partial charge in [0.1, 0.15) is 5.69 Å². The number of rotatable bonds is 7. The molecule has 1 aliphatic carbocycles. The van der Waals surface area contributed by atoms with E-state index in [1.54, 1.807) is 0 Å². The van der Waals surface area contributed by atoms with Crippen LogP contribution in [0.4, 0.5) is 17.3 Å². The van der Waals surface area contributed by atoms with Gasteiger partial charge in [0.25, 0.3) is 0 Å². The SMILES string of the molecule is CCCCOc1nc(N)c2c(n1)N(CC1CCN(C3CCCC3)CC1)CN2. The van der Waals surface area contributed by atoms with Gasteiger partial charge in [-0.05, 0) is 51.1 Å². The van der Waals surface area contributed by atoms with Crippen molar-refractivity contribution in [3.05, 3.63) is 0 Å². The molecule has 3 heterocycles. The second kappa shape index (κ2) is 8.50. The van der Waals surface area contributed by atoms with Crippen LogP contribution >= 0.6 is 0 Å². The quantitative estimate of drug-likeness (QED) is 0.710. The van der Waals surface area contributed by atoms with Crippen LogP contribution in [0.1, 0.15) is 58.3 Å². The number of anilines is 3. The first-order chi connectivity index (χ1) is 13.2. The number of aromatic nitrogens is 2. The summed E-state index contributed by atoms with van der Waals surface area (Å²) in [5, 5.41) is 3.37. The summed E-state index contributed by atoms with van der Waals surface area (Å²) in [4.78, 5) is 14.0. The fraction of sp³-hybridized carbons (Fsp3) is 0.800. The Morgan fingerprint density at radius 3 is 2.67 bits per heavy atom. The molecule has 2 fully saturated rings. The van der Waals surface area contributed by atoms with Crippen LogP contribution in [0.25, 0.3) is 0 Å². The van der Waals surface area contributed by atoms with E-state index in [0.29, 0.717) is 18.4 Å². The van der Waals surface area contributed by atoms with Crippen molar-refractivity contribution in [2.75, 3.05) is 48.9 Å². The lowest BCUT2D eigenvalue weighted by molar-refractivity contribution is 0.136. The Hall–Kier alpha value is -1.76. The van der Waals surface area contributed by atoms with E-state index in [9.17, 15) is 0 Å². The van der Waals surface area contributed by atoms with E-state index in [2.05, 4.69) is 32.0 Å². The molecule has 7 nitrogen and oxygen atoms in total. The molecule has 0 aromatic carbocycles. The molecule has 150 valence electrons. The molecule has 1 saturated heterocycles. The summed E-state index contributed by atoms with van der Waals surface area (Å²) >= 11 is 0. The second-order valence-electron chi connectivity index (χ2n) is 8.27. The predicted octanol–water partition coefficient (Wildman–Crippen LogP) is 3.08. The molecular formula is C20H34N6O. The molecule has 0 radical (unpaired) electrons. The highest BCUT2D eigenvalue weighted by molar-refractivity contribution is 5.80. The monoisotopic (exact) mass is 374 g/mol. The molecule has 0 unspecified atom stereocenters. The Morgan fingerprint density at radius 1 is 1.15 bits per heavy atom.